The number of carboxylic acid groups (broad SMARTS) is 3. The lowest BCUT2D eigenvalue weighted by atomic mass is 10.1. The third-order valence-corrected chi connectivity index (χ3v) is 7.40. The molecular formula is C30H48N6O8. The highest BCUT2D eigenvalue weighted by atomic mass is 16.4. The maximum Gasteiger partial charge on any atom is 0.317 e. The molecule has 2 rings (SSSR count). The predicted octanol–water partition coefficient (Wildman–Crippen LogP) is 0.0883. The maximum atomic E-state index is 12.9. The lowest BCUT2D eigenvalue weighted by Gasteiger charge is -2.32. The van der Waals surface area contributed by atoms with Crippen LogP contribution in [0.15, 0.2) is 24.3 Å². The number of carboxylic acids is 3. The molecule has 0 atom stereocenters. The van der Waals surface area contributed by atoms with Crippen LogP contribution in [-0.2, 0) is 25.7 Å². The molecule has 1 fully saturated rings. The van der Waals surface area contributed by atoms with E-state index in [1.807, 2.05) is 4.90 Å². The molecule has 246 valence electrons. The van der Waals surface area contributed by atoms with Gasteiger partial charge in [-0.05, 0) is 24.1 Å². The number of aliphatic carboxylic acids is 3. The van der Waals surface area contributed by atoms with Gasteiger partial charge in [-0.25, -0.2) is 0 Å². The second-order valence-electron chi connectivity index (χ2n) is 11.1. The molecule has 1 heterocycles. The molecule has 0 bridgehead atoms. The van der Waals surface area contributed by atoms with E-state index in [1.54, 1.807) is 39.0 Å². The summed E-state index contributed by atoms with van der Waals surface area (Å²) in [6.07, 6.45) is 4.31. The van der Waals surface area contributed by atoms with Gasteiger partial charge in [0.25, 0.3) is 5.91 Å². The number of benzene rings is 1. The summed E-state index contributed by atoms with van der Waals surface area (Å²) >= 11 is 0. The Labute approximate surface area is 259 Å². The highest BCUT2D eigenvalue weighted by molar-refractivity contribution is 5.94. The average molecular weight is 621 g/mol. The maximum absolute atomic E-state index is 12.9. The topological polar surface area (TPSA) is 183 Å². The molecular weight excluding hydrogens is 572 g/mol. The summed E-state index contributed by atoms with van der Waals surface area (Å²) < 4.78 is 0. The summed E-state index contributed by atoms with van der Waals surface area (Å²) in [5, 5.41) is 33.8. The zero-order valence-corrected chi connectivity index (χ0v) is 25.7. The number of amides is 2. The molecule has 5 N–H and O–H groups in total. The number of nitrogens with one attached hydrogen (secondary N) is 2. The van der Waals surface area contributed by atoms with E-state index in [1.165, 1.54) is 0 Å². The van der Waals surface area contributed by atoms with Gasteiger partial charge in [0, 0.05) is 71.0 Å². The fourth-order valence-corrected chi connectivity index (χ4v) is 4.87. The van der Waals surface area contributed by atoms with Gasteiger partial charge in [0.1, 0.15) is 0 Å². The third-order valence-electron chi connectivity index (χ3n) is 7.40. The van der Waals surface area contributed by atoms with Crippen LogP contribution in [0.25, 0.3) is 0 Å². The van der Waals surface area contributed by atoms with Crippen LogP contribution in [0.1, 0.15) is 48.5 Å². The number of carbonyl (C=O) groups is 5. The summed E-state index contributed by atoms with van der Waals surface area (Å²) in [4.78, 5) is 66.5. The first-order valence-electron chi connectivity index (χ1n) is 15.2. The Morgan fingerprint density at radius 3 is 1.45 bits per heavy atom. The smallest absolute Gasteiger partial charge is 0.317 e. The van der Waals surface area contributed by atoms with E-state index in [4.69, 9.17) is 0 Å². The fourth-order valence-electron chi connectivity index (χ4n) is 4.87. The molecule has 0 unspecified atom stereocenters. The minimum absolute atomic E-state index is 0.0332. The Kier molecular flexibility index (Phi) is 17.0. The molecule has 1 aromatic rings. The largest absolute Gasteiger partial charge is 0.480 e. The Hall–Kier alpha value is -3.59. The zero-order chi connectivity index (χ0) is 32.3. The summed E-state index contributed by atoms with van der Waals surface area (Å²) in [7, 11) is 0. The van der Waals surface area contributed by atoms with E-state index in [0.29, 0.717) is 64.5 Å². The van der Waals surface area contributed by atoms with Crippen molar-refractivity contribution in [3.05, 3.63) is 35.4 Å². The van der Waals surface area contributed by atoms with Crippen LogP contribution >= 0.6 is 0 Å². The van der Waals surface area contributed by atoms with E-state index >= 15 is 0 Å². The highest BCUT2D eigenvalue weighted by Gasteiger charge is 2.21. The van der Waals surface area contributed by atoms with Gasteiger partial charge < -0.3 is 26.0 Å². The van der Waals surface area contributed by atoms with E-state index in [2.05, 4.69) is 17.6 Å². The molecule has 0 spiro atoms. The van der Waals surface area contributed by atoms with Crippen LogP contribution in [0.5, 0.6) is 0 Å². The predicted molar refractivity (Wildman–Crippen MR) is 163 cm³/mol. The summed E-state index contributed by atoms with van der Waals surface area (Å²) in [6, 6.07) is 7.04. The van der Waals surface area contributed by atoms with E-state index in [9.17, 15) is 39.3 Å². The fraction of sp³-hybridized carbons (Fsp3) is 0.633. The van der Waals surface area contributed by atoms with Crippen molar-refractivity contribution in [2.75, 3.05) is 85.1 Å². The monoisotopic (exact) mass is 620 g/mol. The Morgan fingerprint density at radius 1 is 0.614 bits per heavy atom. The number of hydrogen-bond donors (Lipinski definition) is 5. The molecule has 0 aliphatic carbocycles. The van der Waals surface area contributed by atoms with Crippen LogP contribution < -0.4 is 10.6 Å². The minimum atomic E-state index is -1.02. The second kappa shape index (κ2) is 20.4. The summed E-state index contributed by atoms with van der Waals surface area (Å²) in [5.41, 5.74) is 1.38. The van der Waals surface area contributed by atoms with E-state index in [0.717, 1.165) is 31.2 Å². The minimum Gasteiger partial charge on any atom is -0.480 e. The molecule has 14 nitrogen and oxygen atoms in total. The van der Waals surface area contributed by atoms with Crippen LogP contribution in [0.4, 0.5) is 0 Å². The van der Waals surface area contributed by atoms with Crippen LogP contribution in [-0.4, -0.2) is 150 Å². The van der Waals surface area contributed by atoms with Crippen molar-refractivity contribution in [3.63, 3.8) is 0 Å². The van der Waals surface area contributed by atoms with Gasteiger partial charge in [-0.1, -0.05) is 38.3 Å². The van der Waals surface area contributed by atoms with Crippen molar-refractivity contribution < 1.29 is 39.3 Å². The number of hydrogen-bond acceptors (Lipinski definition) is 9. The first-order valence-corrected chi connectivity index (χ1v) is 15.2. The van der Waals surface area contributed by atoms with Gasteiger partial charge in [-0.15, -0.1) is 0 Å². The lowest BCUT2D eigenvalue weighted by molar-refractivity contribution is -0.140. The van der Waals surface area contributed by atoms with Gasteiger partial charge in [0.05, 0.1) is 26.2 Å². The van der Waals surface area contributed by atoms with Crippen molar-refractivity contribution in [1.82, 2.24) is 30.2 Å². The molecule has 0 radical (unpaired) electrons. The first kappa shape index (κ1) is 36.6. The Balaban J connectivity index is 1.97. The van der Waals surface area contributed by atoms with Crippen LogP contribution in [0, 0.1) is 0 Å². The van der Waals surface area contributed by atoms with Crippen molar-refractivity contribution in [2.45, 2.75) is 39.2 Å². The molecule has 0 saturated carbocycles. The molecule has 2 amide bonds. The number of rotatable bonds is 16. The third kappa shape index (κ3) is 15.8. The van der Waals surface area contributed by atoms with Gasteiger partial charge in [0.15, 0.2) is 0 Å². The SMILES string of the molecule is CCCCCCNC(=O)c1ccc(CNC(=O)CN2CCN(CC(=O)O)CCN(CC(=O)O)CCN(CC(=O)O)CC2)cc1. The number of nitrogens with zero attached hydrogens (tertiary/aromatic N) is 4. The molecule has 1 aliphatic heterocycles. The van der Waals surface area contributed by atoms with E-state index < -0.39 is 17.9 Å². The quantitative estimate of drug-likeness (QED) is 0.157. The number of carbonyl (C=O) groups excluding carboxylic acids is 2. The second-order valence-corrected chi connectivity index (χ2v) is 11.1. The van der Waals surface area contributed by atoms with Gasteiger partial charge in [-0.3, -0.25) is 43.6 Å². The first-order chi connectivity index (χ1) is 21.0. The highest BCUT2D eigenvalue weighted by Crippen LogP contribution is 2.06. The van der Waals surface area contributed by atoms with Gasteiger partial charge >= 0.3 is 17.9 Å². The molecule has 1 aromatic carbocycles. The molecule has 1 aliphatic rings. The number of unbranched alkanes of at least 4 members (excludes halogenated alkanes) is 3. The Bertz CT molecular complexity index is 1040. The molecule has 44 heavy (non-hydrogen) atoms. The van der Waals surface area contributed by atoms with Gasteiger partial charge in [-0.2, -0.15) is 0 Å². The van der Waals surface area contributed by atoms with Crippen molar-refractivity contribution in [2.24, 2.45) is 0 Å². The Morgan fingerprint density at radius 2 is 1.05 bits per heavy atom. The normalized spacial score (nSPS) is 16.4. The molecule has 14 heteroatoms. The molecule has 0 aromatic heterocycles. The average Bonchev–Trinajstić information content (AvgIpc) is 2.96. The summed E-state index contributed by atoms with van der Waals surface area (Å²) in [6.45, 7) is 5.03. The zero-order valence-electron chi connectivity index (χ0n) is 25.7. The summed E-state index contributed by atoms with van der Waals surface area (Å²) in [5.74, 6) is -3.40. The van der Waals surface area contributed by atoms with Crippen molar-refractivity contribution in [3.8, 4) is 0 Å². The van der Waals surface area contributed by atoms with Gasteiger partial charge in [0.2, 0.25) is 5.91 Å². The molecule has 1 saturated heterocycles. The van der Waals surface area contributed by atoms with Crippen LogP contribution in [0.2, 0.25) is 0 Å². The van der Waals surface area contributed by atoms with Crippen molar-refractivity contribution >= 4 is 29.7 Å². The lowest BCUT2D eigenvalue weighted by Crippen LogP contribution is -2.49. The van der Waals surface area contributed by atoms with Crippen molar-refractivity contribution in [1.29, 1.82) is 0 Å². The standard InChI is InChI=1S/C30H48N6O8/c1-2-3-4-5-10-31-30(44)25-8-6-24(7-9-25)19-32-26(37)20-33-11-13-34(21-27(38)39)15-17-36(23-29(42)43)18-16-35(14-12-33)22-28(40)41/h6-9H,2-5,10-23H2,1H3,(H,31,44)(H,32,37)(H,38,39)(H,40,41)(H,42,43). The van der Waals surface area contributed by atoms with Crippen LogP contribution in [0.3, 0.4) is 0 Å². The van der Waals surface area contributed by atoms with E-state index in [-0.39, 0.29) is 44.5 Å².